The van der Waals surface area contributed by atoms with Gasteiger partial charge in [-0.25, -0.2) is 0 Å². The van der Waals surface area contributed by atoms with Crippen LogP contribution < -0.4 is 14.8 Å². The van der Waals surface area contributed by atoms with E-state index in [1.54, 1.807) is 18.2 Å². The number of ether oxygens (including phenoxy) is 2. The number of carbonyl (C=O) groups is 2. The van der Waals surface area contributed by atoms with Gasteiger partial charge in [-0.2, -0.15) is 8.42 Å². The van der Waals surface area contributed by atoms with Crippen LogP contribution in [-0.4, -0.2) is 48.4 Å². The lowest BCUT2D eigenvalue weighted by Crippen LogP contribution is -2.38. The molecule has 0 bridgehead atoms. The second kappa shape index (κ2) is 30.5. The van der Waals surface area contributed by atoms with Crippen molar-refractivity contribution in [2.24, 2.45) is 0 Å². The van der Waals surface area contributed by atoms with Crippen LogP contribution in [0.5, 0.6) is 11.5 Å². The average Bonchev–Trinajstić information content (AvgIpc) is 3.04. The van der Waals surface area contributed by atoms with Crippen molar-refractivity contribution >= 4 is 22.1 Å². The quantitative estimate of drug-likeness (QED) is 0.0317. The number of hydrogen-bond acceptors (Lipinski definition) is 8. The highest BCUT2D eigenvalue weighted by Gasteiger charge is 2.19. The minimum atomic E-state index is -3.67. The molecule has 9 nitrogen and oxygen atoms in total. The number of aliphatic hydroxyl groups is 1. The average molecular weight is 742 g/mol. The van der Waals surface area contributed by atoms with Crippen molar-refractivity contribution in [3.05, 3.63) is 23.8 Å². The third kappa shape index (κ3) is 33.6. The van der Waals surface area contributed by atoms with E-state index in [2.05, 4.69) is 19.2 Å². The number of benzene rings is 1. The van der Waals surface area contributed by atoms with E-state index in [0.29, 0.717) is 31.2 Å². The number of carbonyl (C=O) groups excluding carboxylic acids is 2. The first-order chi connectivity index (χ1) is 24.2. The Kier molecular flexibility index (Phi) is 29.3. The summed E-state index contributed by atoms with van der Waals surface area (Å²) < 4.78 is 37.3. The van der Waals surface area contributed by atoms with Gasteiger partial charge in [-0.3, -0.25) is 14.1 Å². The monoisotopic (exact) mass is 742 g/mol. The van der Waals surface area contributed by atoms with Crippen molar-refractivity contribution in [3.63, 3.8) is 0 Å². The smallest absolute Gasteiger partial charge is 0.311 e. The minimum absolute atomic E-state index is 0.144. The van der Waals surface area contributed by atoms with Crippen LogP contribution in [0.25, 0.3) is 0 Å². The molecule has 1 unspecified atom stereocenters. The third-order valence-electron chi connectivity index (χ3n) is 8.59. The summed E-state index contributed by atoms with van der Waals surface area (Å²) in [6, 6.07) is 5.01. The van der Waals surface area contributed by atoms with Gasteiger partial charge in [0.1, 0.15) is 0 Å². The Balaban J connectivity index is 0.00000464. The molecule has 51 heavy (non-hydrogen) atoms. The van der Waals surface area contributed by atoms with Gasteiger partial charge in [0.25, 0.3) is 10.1 Å². The van der Waals surface area contributed by atoms with Crippen LogP contribution in [0.4, 0.5) is 0 Å². The number of β-amino-alcohol motifs (C(OH)–C–C–N with tert-alkyl or cyclic N) is 1. The van der Waals surface area contributed by atoms with Crippen LogP contribution in [0.1, 0.15) is 200 Å². The molecule has 0 heterocycles. The summed E-state index contributed by atoms with van der Waals surface area (Å²) in [5.41, 5.74) is 0.466. The molecule has 3 N–H and O–H groups in total. The van der Waals surface area contributed by atoms with Gasteiger partial charge in [0.15, 0.2) is 11.5 Å². The highest BCUT2D eigenvalue weighted by atomic mass is 32.2. The molecule has 0 radical (unpaired) electrons. The van der Waals surface area contributed by atoms with Crippen molar-refractivity contribution in [1.82, 2.24) is 5.32 Å². The lowest BCUT2D eigenvalue weighted by Gasteiger charge is -2.23. The van der Waals surface area contributed by atoms with Crippen LogP contribution in [0, 0.1) is 0 Å². The second-order valence-corrected chi connectivity index (χ2v) is 16.6. The summed E-state index contributed by atoms with van der Waals surface area (Å²) in [5, 5.41) is 14.1. The number of unbranched alkanes of at least 4 members (excludes halogenated alkanes) is 20. The lowest BCUT2D eigenvalue weighted by molar-refractivity contribution is -0.137. The zero-order valence-corrected chi connectivity index (χ0v) is 34.1. The van der Waals surface area contributed by atoms with Gasteiger partial charge < -0.3 is 19.9 Å². The van der Waals surface area contributed by atoms with Crippen molar-refractivity contribution in [2.75, 3.05) is 12.8 Å². The van der Waals surface area contributed by atoms with Crippen molar-refractivity contribution in [3.8, 4) is 11.5 Å². The maximum atomic E-state index is 12.8. The van der Waals surface area contributed by atoms with E-state index in [-0.39, 0.29) is 29.0 Å². The van der Waals surface area contributed by atoms with Gasteiger partial charge >= 0.3 is 11.9 Å². The Morgan fingerprint density at radius 2 is 0.980 bits per heavy atom. The van der Waals surface area contributed by atoms with Crippen LogP contribution in [0.15, 0.2) is 18.2 Å². The molecule has 1 rings (SSSR count). The fourth-order valence-electron chi connectivity index (χ4n) is 5.63. The van der Waals surface area contributed by atoms with Gasteiger partial charge in [-0.15, -0.1) is 0 Å². The Labute approximate surface area is 312 Å². The van der Waals surface area contributed by atoms with Crippen molar-refractivity contribution < 1.29 is 37.1 Å². The minimum Gasteiger partial charge on any atom is -0.423 e. The molecule has 0 amide bonds. The maximum Gasteiger partial charge on any atom is 0.311 e. The van der Waals surface area contributed by atoms with Crippen molar-refractivity contribution in [2.45, 2.75) is 200 Å². The molecule has 298 valence electrons. The Morgan fingerprint density at radius 3 is 1.33 bits per heavy atom. The van der Waals surface area contributed by atoms with Crippen LogP contribution >= 0.6 is 0 Å². The van der Waals surface area contributed by atoms with Gasteiger partial charge in [-0.1, -0.05) is 148 Å². The number of rotatable bonds is 29. The summed E-state index contributed by atoms with van der Waals surface area (Å²) in [5.74, 6) is -0.216. The predicted octanol–water partition coefficient (Wildman–Crippen LogP) is 10.8. The van der Waals surface area contributed by atoms with Crippen LogP contribution in [0.3, 0.4) is 0 Å². The van der Waals surface area contributed by atoms with Gasteiger partial charge in [0, 0.05) is 24.9 Å². The molecule has 0 aliphatic carbocycles. The number of esters is 2. The second-order valence-electron chi connectivity index (χ2n) is 15.1. The maximum absolute atomic E-state index is 12.8. The summed E-state index contributed by atoms with van der Waals surface area (Å²) in [6.07, 6.45) is 27.4. The highest BCUT2D eigenvalue weighted by molar-refractivity contribution is 7.85. The molecule has 0 aromatic heterocycles. The fraction of sp³-hybridized carbons (Fsp3) is 0.805. The van der Waals surface area contributed by atoms with Crippen LogP contribution in [0.2, 0.25) is 0 Å². The third-order valence-corrected chi connectivity index (χ3v) is 8.59. The summed E-state index contributed by atoms with van der Waals surface area (Å²) >= 11 is 0. The van der Waals surface area contributed by atoms with Gasteiger partial charge in [-0.05, 0) is 51.3 Å². The fourth-order valence-corrected chi connectivity index (χ4v) is 5.63. The highest BCUT2D eigenvalue weighted by Crippen LogP contribution is 2.32. The first kappa shape index (κ1) is 49.0. The number of hydrogen-bond donors (Lipinski definition) is 3. The molecule has 0 saturated carbocycles. The first-order valence-electron chi connectivity index (χ1n) is 20.1. The van der Waals surface area contributed by atoms with E-state index in [4.69, 9.17) is 14.0 Å². The topological polar surface area (TPSA) is 139 Å². The SMILES string of the molecule is CCCCCCCCCCCCCC(=O)Oc1ccc(C(O)CNC(C)(C)C)cc1OC(=O)CCCCCCCCCCCCC.CS(=O)(=O)O. The zero-order valence-electron chi connectivity index (χ0n) is 33.2. The Hall–Kier alpha value is -2.01. The molecule has 0 spiro atoms. The molecule has 0 aliphatic heterocycles. The normalized spacial score (nSPS) is 12.2. The number of nitrogens with one attached hydrogen (secondary N) is 1. The van der Waals surface area contributed by atoms with Crippen molar-refractivity contribution in [1.29, 1.82) is 0 Å². The Bertz CT molecular complexity index is 1120. The lowest BCUT2D eigenvalue weighted by atomic mass is 10.1. The predicted molar refractivity (Wildman–Crippen MR) is 210 cm³/mol. The van der Waals surface area contributed by atoms with E-state index >= 15 is 0 Å². The van der Waals surface area contributed by atoms with E-state index in [0.717, 1.165) is 38.5 Å². The zero-order chi connectivity index (χ0) is 38.4. The van der Waals surface area contributed by atoms with E-state index in [9.17, 15) is 23.1 Å². The largest absolute Gasteiger partial charge is 0.423 e. The number of aliphatic hydroxyl groups excluding tert-OH is 1. The Morgan fingerprint density at radius 1 is 0.647 bits per heavy atom. The first-order valence-corrected chi connectivity index (χ1v) is 21.9. The molecule has 1 atom stereocenters. The van der Waals surface area contributed by atoms with E-state index in [1.807, 2.05) is 20.8 Å². The molecule has 0 aliphatic rings. The molecular formula is C41H75NO8S. The standard InChI is InChI=1S/C40H71NO5.CH4O3S/c1-6-8-10-12-14-16-18-20-22-24-26-28-38(43)45-36-31-30-34(35(42)33-41-40(3,4)5)32-37(36)46-39(44)29-27-25-23-21-19-17-15-13-11-9-7-2;1-5(2,3)4/h30-32,35,41-42H,6-29,33H2,1-5H3;1H3,(H,2,3,4). The molecule has 0 fully saturated rings. The van der Waals surface area contributed by atoms with Gasteiger partial charge in [0.05, 0.1) is 12.4 Å². The summed E-state index contributed by atoms with van der Waals surface area (Å²) in [7, 11) is -3.67. The van der Waals surface area contributed by atoms with Gasteiger partial charge in [0.2, 0.25) is 0 Å². The molecule has 1 aromatic rings. The summed E-state index contributed by atoms with van der Waals surface area (Å²) in [6.45, 7) is 11.0. The summed E-state index contributed by atoms with van der Waals surface area (Å²) in [4.78, 5) is 25.5. The van der Waals surface area contributed by atoms with Crippen LogP contribution in [-0.2, 0) is 19.7 Å². The van der Waals surface area contributed by atoms with E-state index in [1.165, 1.54) is 103 Å². The molecule has 10 heteroatoms. The molecular weight excluding hydrogens is 667 g/mol. The molecule has 1 aromatic carbocycles. The molecule has 0 saturated heterocycles. The van der Waals surface area contributed by atoms with E-state index < -0.39 is 16.2 Å².